The van der Waals surface area contributed by atoms with Crippen molar-refractivity contribution in [2.75, 3.05) is 5.32 Å². The van der Waals surface area contributed by atoms with Gasteiger partial charge in [-0.1, -0.05) is 18.1 Å². The number of halogens is 3. The lowest BCUT2D eigenvalue weighted by Crippen LogP contribution is -2.29. The molecule has 1 heterocycles. The Hall–Kier alpha value is -2.78. The molecule has 2 aromatic rings. The van der Waals surface area contributed by atoms with Gasteiger partial charge in [-0.25, -0.2) is 9.18 Å². The van der Waals surface area contributed by atoms with E-state index in [1.54, 1.807) is 6.92 Å². The molecule has 0 radical (unpaired) electrons. The van der Waals surface area contributed by atoms with Crippen molar-refractivity contribution in [3.63, 3.8) is 0 Å². The number of urea groups is 1. The summed E-state index contributed by atoms with van der Waals surface area (Å²) >= 11 is 0. The first-order chi connectivity index (χ1) is 11.0. The van der Waals surface area contributed by atoms with Crippen LogP contribution in [0.2, 0.25) is 0 Å². The van der Waals surface area contributed by atoms with Crippen LogP contribution in [0.4, 0.5) is 24.0 Å². The zero-order chi connectivity index (χ0) is 16.8. The molecule has 0 saturated carbocycles. The highest BCUT2D eigenvalue weighted by Gasteiger charge is 2.15. The van der Waals surface area contributed by atoms with Gasteiger partial charge >= 0.3 is 18.7 Å². The van der Waals surface area contributed by atoms with Crippen LogP contribution in [0.15, 0.2) is 22.7 Å². The molecule has 0 aliphatic heterocycles. The topological polar surface area (TPSA) is 89.3 Å². The molecule has 1 aromatic heterocycles. The summed E-state index contributed by atoms with van der Waals surface area (Å²) in [6.07, 6.45) is 0.524. The minimum Gasteiger partial charge on any atom is -0.434 e. The lowest BCUT2D eigenvalue weighted by molar-refractivity contribution is -0.0506. The van der Waals surface area contributed by atoms with Crippen molar-refractivity contribution in [2.24, 2.45) is 0 Å². The van der Waals surface area contributed by atoms with Gasteiger partial charge in [0.1, 0.15) is 11.6 Å². The number of carbonyl (C=O) groups is 1. The van der Waals surface area contributed by atoms with Gasteiger partial charge in [0.2, 0.25) is 0 Å². The number of anilines is 1. The number of nitrogens with one attached hydrogen (secondary N) is 2. The fourth-order valence-electron chi connectivity index (χ4n) is 1.68. The van der Waals surface area contributed by atoms with Crippen molar-refractivity contribution in [3.8, 4) is 5.75 Å². The van der Waals surface area contributed by atoms with Crippen molar-refractivity contribution in [2.45, 2.75) is 26.5 Å². The highest BCUT2D eigenvalue weighted by Crippen LogP contribution is 2.23. The summed E-state index contributed by atoms with van der Waals surface area (Å²) in [6.45, 7) is -1.66. The third kappa shape index (κ3) is 4.59. The number of hydrogen-bond acceptors (Lipinski definition) is 5. The summed E-state index contributed by atoms with van der Waals surface area (Å²) in [5, 5.41) is 8.11. The van der Waals surface area contributed by atoms with E-state index < -0.39 is 18.5 Å². The first-order valence-electron chi connectivity index (χ1n) is 6.59. The maximum Gasteiger partial charge on any atom is 0.387 e. The van der Waals surface area contributed by atoms with E-state index in [9.17, 15) is 18.0 Å². The van der Waals surface area contributed by atoms with Crippen LogP contribution in [0.25, 0.3) is 0 Å². The molecular formula is C13H13F3N4O3. The zero-order valence-electron chi connectivity index (χ0n) is 12.0. The molecule has 1 aromatic carbocycles. The number of aromatic nitrogens is 2. The number of hydrogen-bond donors (Lipinski definition) is 2. The molecule has 0 atom stereocenters. The van der Waals surface area contributed by atoms with Gasteiger partial charge in [0, 0.05) is 12.0 Å². The Labute approximate surface area is 128 Å². The Morgan fingerprint density at radius 3 is 2.87 bits per heavy atom. The van der Waals surface area contributed by atoms with E-state index in [-0.39, 0.29) is 23.9 Å². The van der Waals surface area contributed by atoms with E-state index in [4.69, 9.17) is 4.52 Å². The molecule has 2 amide bonds. The van der Waals surface area contributed by atoms with E-state index >= 15 is 0 Å². The van der Waals surface area contributed by atoms with Gasteiger partial charge in [-0.15, -0.1) is 0 Å². The normalized spacial score (nSPS) is 10.7. The first kappa shape index (κ1) is 16.6. The third-order valence-corrected chi connectivity index (χ3v) is 2.72. The van der Waals surface area contributed by atoms with Gasteiger partial charge in [0.25, 0.3) is 0 Å². The van der Waals surface area contributed by atoms with E-state index in [0.29, 0.717) is 12.2 Å². The Bertz CT molecular complexity index is 678. The van der Waals surface area contributed by atoms with Crippen molar-refractivity contribution in [1.82, 2.24) is 15.5 Å². The molecule has 2 rings (SSSR count). The maximum atomic E-state index is 13.7. The van der Waals surface area contributed by atoms with Crippen LogP contribution in [0.5, 0.6) is 5.75 Å². The minimum atomic E-state index is -3.10. The molecule has 0 bridgehead atoms. The second kappa shape index (κ2) is 7.47. The van der Waals surface area contributed by atoms with E-state index in [0.717, 1.165) is 6.07 Å². The molecule has 124 valence electrons. The molecule has 0 saturated heterocycles. The molecule has 7 nitrogen and oxygen atoms in total. The fraction of sp³-hybridized carbons (Fsp3) is 0.308. The van der Waals surface area contributed by atoms with Crippen LogP contribution in [0.1, 0.15) is 18.3 Å². The Morgan fingerprint density at radius 2 is 2.22 bits per heavy atom. The number of alkyl halides is 2. The number of nitrogens with zero attached hydrogens (tertiary/aromatic N) is 2. The summed E-state index contributed by atoms with van der Waals surface area (Å²) in [4.78, 5) is 15.5. The predicted molar refractivity (Wildman–Crippen MR) is 72.6 cm³/mol. The van der Waals surface area contributed by atoms with Gasteiger partial charge < -0.3 is 14.6 Å². The number of ether oxygens (including phenoxy) is 1. The fourth-order valence-corrected chi connectivity index (χ4v) is 1.68. The standard InChI is InChI=1S/C13H13F3N4O3/c1-2-10-18-13(23-20-10)19-12(21)17-6-7-8(14)4-3-5-9(7)22-11(15)16/h3-5,11H,2,6H2,1H3,(H2,17,18,19,20,21). The van der Waals surface area contributed by atoms with E-state index in [1.807, 2.05) is 0 Å². The summed E-state index contributed by atoms with van der Waals surface area (Å²) < 4.78 is 47.2. The Balaban J connectivity index is 1.98. The lowest BCUT2D eigenvalue weighted by atomic mass is 10.2. The average molecular weight is 330 g/mol. The molecule has 10 heteroatoms. The van der Waals surface area contributed by atoms with Gasteiger partial charge in [-0.3, -0.25) is 5.32 Å². The van der Waals surface area contributed by atoms with Crippen molar-refractivity contribution < 1.29 is 27.2 Å². The molecule has 0 fully saturated rings. The summed E-state index contributed by atoms with van der Waals surface area (Å²) in [5.41, 5.74) is -0.206. The van der Waals surface area contributed by atoms with Gasteiger partial charge in [0.05, 0.1) is 6.54 Å². The van der Waals surface area contributed by atoms with Crippen LogP contribution >= 0.6 is 0 Å². The Kier molecular flexibility index (Phi) is 5.39. The third-order valence-electron chi connectivity index (χ3n) is 2.72. The van der Waals surface area contributed by atoms with Crippen LogP contribution < -0.4 is 15.4 Å². The van der Waals surface area contributed by atoms with Crippen LogP contribution in [0, 0.1) is 5.82 Å². The number of benzene rings is 1. The number of carbonyl (C=O) groups excluding carboxylic acids is 1. The van der Waals surface area contributed by atoms with Crippen LogP contribution in [-0.4, -0.2) is 22.8 Å². The summed E-state index contributed by atoms with van der Waals surface area (Å²) in [7, 11) is 0. The van der Waals surface area contributed by atoms with Gasteiger partial charge in [-0.2, -0.15) is 13.8 Å². The van der Waals surface area contributed by atoms with Gasteiger partial charge in [0.15, 0.2) is 5.82 Å². The lowest BCUT2D eigenvalue weighted by Gasteiger charge is -2.12. The average Bonchev–Trinajstić information content (AvgIpc) is 2.93. The van der Waals surface area contributed by atoms with Gasteiger partial charge in [-0.05, 0) is 12.1 Å². The Morgan fingerprint density at radius 1 is 1.43 bits per heavy atom. The van der Waals surface area contributed by atoms with Crippen molar-refractivity contribution >= 4 is 12.0 Å². The molecule has 2 N–H and O–H groups in total. The number of rotatable bonds is 6. The molecular weight excluding hydrogens is 317 g/mol. The minimum absolute atomic E-state index is 0.128. The molecule has 0 aliphatic carbocycles. The van der Waals surface area contributed by atoms with Crippen molar-refractivity contribution in [3.05, 3.63) is 35.4 Å². The van der Waals surface area contributed by atoms with Crippen LogP contribution in [0.3, 0.4) is 0 Å². The highest BCUT2D eigenvalue weighted by atomic mass is 19.3. The number of amides is 2. The highest BCUT2D eigenvalue weighted by molar-refractivity contribution is 5.86. The smallest absolute Gasteiger partial charge is 0.387 e. The molecule has 0 unspecified atom stereocenters. The second-order valence-electron chi connectivity index (χ2n) is 4.27. The van der Waals surface area contributed by atoms with Crippen molar-refractivity contribution in [1.29, 1.82) is 0 Å². The predicted octanol–water partition coefficient (Wildman–Crippen LogP) is 2.69. The summed E-state index contributed by atoms with van der Waals surface area (Å²) in [5.74, 6) is -0.733. The molecule has 23 heavy (non-hydrogen) atoms. The maximum absolute atomic E-state index is 13.7. The van der Waals surface area contributed by atoms with E-state index in [1.165, 1.54) is 12.1 Å². The first-order valence-corrected chi connectivity index (χ1v) is 6.59. The monoisotopic (exact) mass is 330 g/mol. The quantitative estimate of drug-likeness (QED) is 0.850. The SMILES string of the molecule is CCc1noc(NC(=O)NCc2c(F)cccc2OC(F)F)n1. The van der Waals surface area contributed by atoms with E-state index in [2.05, 4.69) is 25.5 Å². The molecule has 0 aliphatic rings. The second-order valence-corrected chi connectivity index (χ2v) is 4.27. The molecule has 0 spiro atoms. The largest absolute Gasteiger partial charge is 0.434 e. The zero-order valence-corrected chi connectivity index (χ0v) is 12.0. The number of aryl methyl sites for hydroxylation is 1. The summed E-state index contributed by atoms with van der Waals surface area (Å²) in [6, 6.07) is 2.58. The van der Waals surface area contributed by atoms with Crippen LogP contribution in [-0.2, 0) is 13.0 Å².